The Labute approximate surface area is 370 Å². The van der Waals surface area contributed by atoms with Gasteiger partial charge in [0.05, 0.1) is 18.8 Å². The second kappa shape index (κ2) is 49.6. The van der Waals surface area contributed by atoms with Crippen molar-refractivity contribution >= 4 is 5.91 Å². The molecule has 0 bridgehead atoms. The predicted molar refractivity (Wildman–Crippen MR) is 266 cm³/mol. The molecule has 4 nitrogen and oxygen atoms in total. The molecule has 0 saturated carbocycles. The minimum Gasteiger partial charge on any atom is -0.394 e. The fourth-order valence-corrected chi connectivity index (χ4v) is 6.17. The first-order valence-corrected chi connectivity index (χ1v) is 24.0. The van der Waals surface area contributed by atoms with E-state index in [0.717, 1.165) is 109 Å². The number of hydrogen-bond acceptors (Lipinski definition) is 3. The van der Waals surface area contributed by atoms with Crippen molar-refractivity contribution in [3.63, 3.8) is 0 Å². The number of amides is 1. The van der Waals surface area contributed by atoms with Gasteiger partial charge in [-0.3, -0.25) is 4.79 Å². The summed E-state index contributed by atoms with van der Waals surface area (Å²) in [7, 11) is 0. The first-order valence-electron chi connectivity index (χ1n) is 24.0. The van der Waals surface area contributed by atoms with Gasteiger partial charge in [-0.2, -0.15) is 0 Å². The molecule has 0 aromatic heterocycles. The summed E-state index contributed by atoms with van der Waals surface area (Å²) >= 11 is 0. The van der Waals surface area contributed by atoms with Crippen LogP contribution < -0.4 is 5.32 Å². The number of carbonyl (C=O) groups is 1. The second-order valence-electron chi connectivity index (χ2n) is 15.4. The zero-order chi connectivity index (χ0) is 43.5. The summed E-state index contributed by atoms with van der Waals surface area (Å²) in [6, 6.07) is -0.647. The van der Waals surface area contributed by atoms with Crippen LogP contribution in [-0.2, 0) is 4.79 Å². The van der Waals surface area contributed by atoms with Gasteiger partial charge in [-0.15, -0.1) is 0 Å². The lowest BCUT2D eigenvalue weighted by Crippen LogP contribution is -2.45. The Morgan fingerprint density at radius 1 is 0.417 bits per heavy atom. The van der Waals surface area contributed by atoms with Crippen LogP contribution in [0, 0.1) is 0 Å². The van der Waals surface area contributed by atoms with E-state index in [1.165, 1.54) is 51.4 Å². The van der Waals surface area contributed by atoms with Crippen molar-refractivity contribution < 1.29 is 15.0 Å². The van der Waals surface area contributed by atoms with Crippen molar-refractivity contribution in [2.45, 2.75) is 193 Å². The minimum atomic E-state index is -0.869. The Hall–Kier alpha value is -3.73. The molecular weight excluding hydrogens is 735 g/mol. The van der Waals surface area contributed by atoms with E-state index < -0.39 is 12.1 Å². The Morgan fingerprint density at radius 3 is 1.15 bits per heavy atom. The van der Waals surface area contributed by atoms with Crippen molar-refractivity contribution in [3.05, 3.63) is 146 Å². The van der Waals surface area contributed by atoms with Crippen LogP contribution in [0.4, 0.5) is 0 Å². The molecule has 0 aliphatic heterocycles. The molecule has 0 saturated heterocycles. The molecule has 0 spiro atoms. The summed E-state index contributed by atoms with van der Waals surface area (Å²) in [6.07, 6.45) is 80.0. The lowest BCUT2D eigenvalue weighted by Gasteiger charge is -2.19. The molecule has 1 amide bonds. The summed E-state index contributed by atoms with van der Waals surface area (Å²) in [4.78, 5) is 12.3. The van der Waals surface area contributed by atoms with Crippen molar-refractivity contribution in [1.29, 1.82) is 0 Å². The number of hydrogen-bond donors (Lipinski definition) is 3. The van der Waals surface area contributed by atoms with E-state index in [2.05, 4.69) is 153 Å². The van der Waals surface area contributed by atoms with Gasteiger partial charge in [0.2, 0.25) is 5.91 Å². The van der Waals surface area contributed by atoms with Crippen molar-refractivity contribution in [2.24, 2.45) is 0 Å². The average molecular weight is 824 g/mol. The largest absolute Gasteiger partial charge is 0.394 e. The van der Waals surface area contributed by atoms with E-state index in [1.807, 2.05) is 6.08 Å². The molecule has 0 aliphatic carbocycles. The molecule has 336 valence electrons. The molecule has 60 heavy (non-hydrogen) atoms. The quantitative estimate of drug-likeness (QED) is 0.0425. The molecule has 3 N–H and O–H groups in total. The van der Waals surface area contributed by atoms with Crippen LogP contribution >= 0.6 is 0 Å². The fourth-order valence-electron chi connectivity index (χ4n) is 6.17. The molecule has 0 aromatic carbocycles. The summed E-state index contributed by atoms with van der Waals surface area (Å²) in [5.41, 5.74) is 0. The third-order valence-electron chi connectivity index (χ3n) is 9.79. The third kappa shape index (κ3) is 45.4. The third-order valence-corrected chi connectivity index (χ3v) is 9.79. The van der Waals surface area contributed by atoms with Crippen molar-refractivity contribution in [2.75, 3.05) is 6.61 Å². The van der Waals surface area contributed by atoms with E-state index in [0.29, 0.717) is 6.42 Å². The van der Waals surface area contributed by atoms with Gasteiger partial charge >= 0.3 is 0 Å². The van der Waals surface area contributed by atoms with E-state index in [4.69, 9.17) is 0 Å². The molecule has 2 unspecified atom stereocenters. The minimum absolute atomic E-state index is 0.0912. The lowest BCUT2D eigenvalue weighted by molar-refractivity contribution is -0.123. The first-order chi connectivity index (χ1) is 29.7. The molecule has 0 aliphatic rings. The average Bonchev–Trinajstić information content (AvgIpc) is 3.25. The van der Waals surface area contributed by atoms with E-state index >= 15 is 0 Å². The maximum absolute atomic E-state index is 12.3. The molecule has 4 heteroatoms. The number of aliphatic hydroxyl groups excluding tert-OH is 2. The van der Waals surface area contributed by atoms with Crippen molar-refractivity contribution in [3.8, 4) is 0 Å². The zero-order valence-corrected chi connectivity index (χ0v) is 38.4. The number of carbonyl (C=O) groups excluding carboxylic acids is 1. The molecular formula is C56H89NO3. The van der Waals surface area contributed by atoms with Gasteiger partial charge in [-0.05, 0) is 103 Å². The predicted octanol–water partition coefficient (Wildman–Crippen LogP) is 15.7. The van der Waals surface area contributed by atoms with Crippen molar-refractivity contribution in [1.82, 2.24) is 5.32 Å². The maximum atomic E-state index is 12.3. The Morgan fingerprint density at radius 2 is 0.750 bits per heavy atom. The lowest BCUT2D eigenvalue weighted by atomic mass is 10.0. The first kappa shape index (κ1) is 56.3. The number of allylic oxidation sites excluding steroid dienone is 23. The van der Waals surface area contributed by atoms with Crippen LogP contribution in [0.2, 0.25) is 0 Å². The summed E-state index contributed by atoms with van der Waals surface area (Å²) in [5.74, 6) is -0.0912. The zero-order valence-electron chi connectivity index (χ0n) is 38.4. The van der Waals surface area contributed by atoms with Crippen LogP contribution in [0.25, 0.3) is 0 Å². The Kier molecular flexibility index (Phi) is 46.5. The van der Waals surface area contributed by atoms with E-state index in [1.54, 1.807) is 6.08 Å². The highest BCUT2D eigenvalue weighted by Crippen LogP contribution is 2.13. The number of nitrogens with one attached hydrogen (secondary N) is 1. The molecule has 0 radical (unpaired) electrons. The van der Waals surface area contributed by atoms with Gasteiger partial charge < -0.3 is 15.5 Å². The van der Waals surface area contributed by atoms with Crippen LogP contribution in [0.5, 0.6) is 0 Å². The highest BCUT2D eigenvalue weighted by molar-refractivity contribution is 5.76. The monoisotopic (exact) mass is 824 g/mol. The number of unbranched alkanes of at least 4 members (excludes halogenated alkanes) is 12. The Bertz CT molecular complexity index is 1300. The van der Waals surface area contributed by atoms with E-state index in [9.17, 15) is 15.0 Å². The van der Waals surface area contributed by atoms with Crippen LogP contribution in [0.3, 0.4) is 0 Å². The van der Waals surface area contributed by atoms with Gasteiger partial charge in [-0.1, -0.05) is 217 Å². The smallest absolute Gasteiger partial charge is 0.220 e. The number of aliphatic hydroxyl groups is 2. The van der Waals surface area contributed by atoms with Gasteiger partial charge in [0.1, 0.15) is 0 Å². The molecule has 0 aromatic rings. The topological polar surface area (TPSA) is 69.6 Å². The summed E-state index contributed by atoms with van der Waals surface area (Å²) in [5, 5.41) is 22.7. The SMILES string of the molecule is CC/C=C\C/C=C\C/C=C\C/C=C\C/C=C\C/C=C\C/C=C\C/C=C\C/C=C\C/C=C\CCCCCCCCCCCCC(=O)NC(CO)C(O)/C=C/CC/C=C/CCC. The second-order valence-corrected chi connectivity index (χ2v) is 15.4. The van der Waals surface area contributed by atoms with Gasteiger partial charge in [-0.25, -0.2) is 0 Å². The van der Waals surface area contributed by atoms with Crippen LogP contribution in [-0.4, -0.2) is 34.9 Å². The molecule has 2 atom stereocenters. The van der Waals surface area contributed by atoms with Crippen LogP contribution in [0.15, 0.2) is 146 Å². The summed E-state index contributed by atoms with van der Waals surface area (Å²) in [6.45, 7) is 4.05. The molecule has 0 heterocycles. The number of rotatable bonds is 41. The highest BCUT2D eigenvalue weighted by atomic mass is 16.3. The molecule has 0 rings (SSSR count). The normalized spacial score (nSPS) is 14.3. The van der Waals surface area contributed by atoms with Gasteiger partial charge in [0.25, 0.3) is 0 Å². The van der Waals surface area contributed by atoms with Gasteiger partial charge in [0.15, 0.2) is 0 Å². The molecule has 0 fully saturated rings. The fraction of sp³-hybridized carbons (Fsp3) is 0.554. The maximum Gasteiger partial charge on any atom is 0.220 e. The van der Waals surface area contributed by atoms with E-state index in [-0.39, 0.29) is 12.5 Å². The highest BCUT2D eigenvalue weighted by Gasteiger charge is 2.17. The Balaban J connectivity index is 3.61. The summed E-state index contributed by atoms with van der Waals surface area (Å²) < 4.78 is 0. The standard InChI is InChI=1S/C56H89NO3/c1-3-5-7-9-11-12-13-14-15-16-17-18-19-20-21-22-23-24-25-26-27-28-29-30-31-32-33-34-35-36-37-38-39-40-41-42-43-44-46-48-50-52-56(60)57-54(53-58)55(59)51-49-47-45-10-8-6-4-2/h5,7-8,10-12,14-15,17-18,20-21,23-24,26-27,29-30,32-33,35-36,49,51,54-55,58-59H,3-4,6,9,13,16,19,22,25,28,31,34,37-48,50,52-53H2,1-2H3,(H,57,60)/b7-5-,10-8+,12-11-,15-14-,18-17-,21-20-,24-23-,27-26-,30-29-,33-32-,36-35-,51-49+. The van der Waals surface area contributed by atoms with Gasteiger partial charge in [0, 0.05) is 6.42 Å². The van der Waals surface area contributed by atoms with Crippen LogP contribution in [0.1, 0.15) is 181 Å².